The fourth-order valence-electron chi connectivity index (χ4n) is 3.40. The number of benzene rings is 1. The number of nitrogens with two attached hydrogens (primary N) is 1. The second kappa shape index (κ2) is 7.92. The number of hydrogen-bond acceptors (Lipinski definition) is 8. The first-order valence-electron chi connectivity index (χ1n) is 9.80. The highest BCUT2D eigenvalue weighted by atomic mass is 16.5. The minimum atomic E-state index is 0.474. The zero-order valence-corrected chi connectivity index (χ0v) is 16.3. The highest BCUT2D eigenvalue weighted by Crippen LogP contribution is 2.26. The van der Waals surface area contributed by atoms with Crippen LogP contribution >= 0.6 is 0 Å². The van der Waals surface area contributed by atoms with Crippen LogP contribution in [0.5, 0.6) is 0 Å². The number of pyridine rings is 2. The fourth-order valence-corrected chi connectivity index (χ4v) is 3.40. The maximum atomic E-state index is 5.74. The number of nitrogen functional groups attached to an aromatic ring is 1. The van der Waals surface area contributed by atoms with Crippen LogP contribution in [0, 0.1) is 0 Å². The van der Waals surface area contributed by atoms with Gasteiger partial charge in [0.25, 0.3) is 0 Å². The molecule has 1 aromatic carbocycles. The summed E-state index contributed by atoms with van der Waals surface area (Å²) in [6, 6.07) is 15.7. The first-order valence-corrected chi connectivity index (χ1v) is 9.80. The third kappa shape index (κ3) is 3.85. The molecule has 30 heavy (non-hydrogen) atoms. The number of nitrogens with zero attached hydrogens (tertiary/aromatic N) is 5. The van der Waals surface area contributed by atoms with Crippen molar-refractivity contribution < 1.29 is 4.74 Å². The Morgan fingerprint density at radius 3 is 2.63 bits per heavy atom. The lowest BCUT2D eigenvalue weighted by atomic mass is 10.2. The number of nitrogens with one attached hydrogen (secondary N) is 1. The van der Waals surface area contributed by atoms with E-state index in [4.69, 9.17) is 20.4 Å². The summed E-state index contributed by atoms with van der Waals surface area (Å²) < 4.78 is 5.47. The lowest BCUT2D eigenvalue weighted by Crippen LogP contribution is -2.37. The Morgan fingerprint density at radius 2 is 1.80 bits per heavy atom. The van der Waals surface area contributed by atoms with Crippen LogP contribution in [-0.4, -0.2) is 46.2 Å². The second-order valence-electron chi connectivity index (χ2n) is 7.05. The van der Waals surface area contributed by atoms with Crippen LogP contribution in [0.2, 0.25) is 0 Å². The molecule has 4 aromatic rings. The average molecular weight is 399 g/mol. The van der Waals surface area contributed by atoms with Gasteiger partial charge < -0.3 is 20.7 Å². The topological polar surface area (TPSA) is 102 Å². The zero-order valence-electron chi connectivity index (χ0n) is 16.3. The molecule has 8 heteroatoms. The smallest absolute Gasteiger partial charge is 0.228 e. The molecule has 0 amide bonds. The predicted molar refractivity (Wildman–Crippen MR) is 118 cm³/mol. The summed E-state index contributed by atoms with van der Waals surface area (Å²) in [4.78, 5) is 20.4. The van der Waals surface area contributed by atoms with Crippen LogP contribution in [0.25, 0.3) is 22.2 Å². The molecule has 4 heterocycles. The first kappa shape index (κ1) is 18.3. The maximum absolute atomic E-state index is 5.74. The van der Waals surface area contributed by atoms with Crippen molar-refractivity contribution >= 4 is 34.2 Å². The quantitative estimate of drug-likeness (QED) is 0.539. The van der Waals surface area contributed by atoms with E-state index >= 15 is 0 Å². The van der Waals surface area contributed by atoms with Gasteiger partial charge in [0.1, 0.15) is 11.6 Å². The van der Waals surface area contributed by atoms with E-state index in [2.05, 4.69) is 26.3 Å². The molecule has 8 nitrogen and oxygen atoms in total. The van der Waals surface area contributed by atoms with E-state index in [1.165, 1.54) is 0 Å². The van der Waals surface area contributed by atoms with Gasteiger partial charge in [-0.15, -0.1) is 0 Å². The molecule has 1 aliphatic rings. The number of anilines is 4. The van der Waals surface area contributed by atoms with Crippen LogP contribution in [-0.2, 0) is 4.74 Å². The van der Waals surface area contributed by atoms with Crippen molar-refractivity contribution in [2.24, 2.45) is 0 Å². The van der Waals surface area contributed by atoms with Crippen molar-refractivity contribution in [2.75, 3.05) is 42.3 Å². The molecule has 3 N–H and O–H groups in total. The van der Waals surface area contributed by atoms with Crippen LogP contribution in [0.3, 0.4) is 0 Å². The lowest BCUT2D eigenvalue weighted by molar-refractivity contribution is 0.122. The number of morpholine rings is 1. The van der Waals surface area contributed by atoms with E-state index in [0.29, 0.717) is 30.8 Å². The Balaban J connectivity index is 1.53. The summed E-state index contributed by atoms with van der Waals surface area (Å²) in [5.41, 5.74) is 9.21. The van der Waals surface area contributed by atoms with Gasteiger partial charge in [0.2, 0.25) is 5.95 Å². The SMILES string of the molecule is Nc1ccc(-c2cc(Nc3cnc4ccccc4c3)nc(N3CCOCC3)n2)cn1. The van der Waals surface area contributed by atoms with E-state index in [0.717, 1.165) is 40.9 Å². The van der Waals surface area contributed by atoms with E-state index in [9.17, 15) is 0 Å². The maximum Gasteiger partial charge on any atom is 0.228 e. The normalized spacial score (nSPS) is 14.1. The van der Waals surface area contributed by atoms with Gasteiger partial charge in [-0.25, -0.2) is 9.97 Å². The van der Waals surface area contributed by atoms with Gasteiger partial charge in [0.05, 0.1) is 36.3 Å². The molecule has 1 saturated heterocycles. The largest absolute Gasteiger partial charge is 0.384 e. The van der Waals surface area contributed by atoms with Crippen LogP contribution in [0.1, 0.15) is 0 Å². The third-order valence-corrected chi connectivity index (χ3v) is 4.95. The van der Waals surface area contributed by atoms with Crippen molar-refractivity contribution in [1.82, 2.24) is 19.9 Å². The Labute approximate surface area is 173 Å². The zero-order chi connectivity index (χ0) is 20.3. The Hall–Kier alpha value is -3.78. The summed E-state index contributed by atoms with van der Waals surface area (Å²) in [7, 11) is 0. The van der Waals surface area contributed by atoms with Gasteiger partial charge in [-0.1, -0.05) is 18.2 Å². The number of rotatable bonds is 4. The first-order chi connectivity index (χ1) is 14.7. The van der Waals surface area contributed by atoms with Crippen LogP contribution in [0.4, 0.5) is 23.3 Å². The van der Waals surface area contributed by atoms with E-state index in [1.54, 1.807) is 12.3 Å². The molecule has 3 aromatic heterocycles. The molecular formula is C22H21N7O. The lowest BCUT2D eigenvalue weighted by Gasteiger charge is -2.27. The molecule has 5 rings (SSSR count). The summed E-state index contributed by atoms with van der Waals surface area (Å²) in [6.07, 6.45) is 3.53. The molecule has 0 spiro atoms. The summed E-state index contributed by atoms with van der Waals surface area (Å²) in [5.74, 6) is 1.82. The van der Waals surface area contributed by atoms with Gasteiger partial charge in [0, 0.05) is 36.3 Å². The number of fused-ring (bicyclic) bond motifs is 1. The van der Waals surface area contributed by atoms with Crippen molar-refractivity contribution in [3.8, 4) is 11.3 Å². The fraction of sp³-hybridized carbons (Fsp3) is 0.182. The second-order valence-corrected chi connectivity index (χ2v) is 7.05. The molecule has 150 valence electrons. The molecule has 0 radical (unpaired) electrons. The van der Waals surface area contributed by atoms with E-state index in [-0.39, 0.29) is 0 Å². The minimum absolute atomic E-state index is 0.474. The Bertz CT molecular complexity index is 1170. The van der Waals surface area contributed by atoms with Crippen molar-refractivity contribution in [3.63, 3.8) is 0 Å². The van der Waals surface area contributed by atoms with Crippen molar-refractivity contribution in [1.29, 1.82) is 0 Å². The van der Waals surface area contributed by atoms with Gasteiger partial charge in [-0.05, 0) is 24.3 Å². The predicted octanol–water partition coefficient (Wildman–Crippen LogP) is 3.25. The molecule has 1 fully saturated rings. The average Bonchev–Trinajstić information content (AvgIpc) is 2.80. The summed E-state index contributed by atoms with van der Waals surface area (Å²) in [6.45, 7) is 2.82. The molecule has 1 aliphatic heterocycles. The minimum Gasteiger partial charge on any atom is -0.384 e. The van der Waals surface area contributed by atoms with Crippen LogP contribution < -0.4 is 16.0 Å². The Morgan fingerprint density at radius 1 is 0.933 bits per heavy atom. The molecule has 0 aliphatic carbocycles. The number of hydrogen-bond donors (Lipinski definition) is 2. The number of aromatic nitrogens is 4. The molecular weight excluding hydrogens is 378 g/mol. The monoisotopic (exact) mass is 399 g/mol. The van der Waals surface area contributed by atoms with Crippen molar-refractivity contribution in [3.05, 3.63) is 60.9 Å². The number of para-hydroxylation sites is 1. The van der Waals surface area contributed by atoms with Gasteiger partial charge in [0.15, 0.2) is 0 Å². The molecule has 0 bridgehead atoms. The van der Waals surface area contributed by atoms with Gasteiger partial charge in [-0.2, -0.15) is 4.98 Å². The van der Waals surface area contributed by atoms with Crippen LogP contribution in [0.15, 0.2) is 60.9 Å². The van der Waals surface area contributed by atoms with Gasteiger partial charge >= 0.3 is 0 Å². The van der Waals surface area contributed by atoms with Gasteiger partial charge in [-0.3, -0.25) is 4.98 Å². The third-order valence-electron chi connectivity index (χ3n) is 4.95. The molecule has 0 atom stereocenters. The molecule has 0 unspecified atom stereocenters. The highest BCUT2D eigenvalue weighted by Gasteiger charge is 2.17. The highest BCUT2D eigenvalue weighted by molar-refractivity contribution is 5.82. The standard InChI is InChI=1S/C22H21N7O/c23-20-6-5-16(13-25-20)19-12-21(28-22(27-19)29-7-9-30-10-8-29)26-17-11-15-3-1-2-4-18(15)24-14-17/h1-6,11-14H,7-10H2,(H2,23,25)(H,26,27,28). The Kier molecular flexibility index (Phi) is 4.82. The van der Waals surface area contributed by atoms with E-state index in [1.807, 2.05) is 42.6 Å². The summed E-state index contributed by atoms with van der Waals surface area (Å²) >= 11 is 0. The van der Waals surface area contributed by atoms with Crippen molar-refractivity contribution in [2.45, 2.75) is 0 Å². The molecule has 0 saturated carbocycles. The summed E-state index contributed by atoms with van der Waals surface area (Å²) in [5, 5.41) is 4.44. The van der Waals surface area contributed by atoms with E-state index < -0.39 is 0 Å². The number of ether oxygens (including phenoxy) is 1.